The minimum absolute atomic E-state index is 0.169. The Morgan fingerprint density at radius 3 is 2.52 bits per heavy atom. The molecule has 0 spiro atoms. The molecule has 0 aliphatic carbocycles. The Morgan fingerprint density at radius 1 is 1.00 bits per heavy atom. The Kier molecular flexibility index (Phi) is 3.39. The maximum Gasteiger partial charge on any atom is 0.261 e. The smallest absolute Gasteiger partial charge is 0.261 e. The van der Waals surface area contributed by atoms with E-state index in [0.717, 1.165) is 5.56 Å². The van der Waals surface area contributed by atoms with E-state index in [4.69, 9.17) is 0 Å². The van der Waals surface area contributed by atoms with Crippen molar-refractivity contribution >= 4 is 21.6 Å². The number of carbonyl (C=O) groups excluding carboxylic acids is 1. The van der Waals surface area contributed by atoms with Crippen LogP contribution in [0.5, 0.6) is 0 Å². The summed E-state index contributed by atoms with van der Waals surface area (Å²) >= 11 is 0. The second kappa shape index (κ2) is 5.21. The lowest BCUT2D eigenvalue weighted by Gasteiger charge is -2.20. The van der Waals surface area contributed by atoms with Crippen LogP contribution < -0.4 is 10.0 Å². The van der Waals surface area contributed by atoms with Gasteiger partial charge in [0.15, 0.2) is 0 Å². The van der Waals surface area contributed by atoms with Crippen molar-refractivity contribution in [3.63, 3.8) is 0 Å². The van der Waals surface area contributed by atoms with Gasteiger partial charge in [0.2, 0.25) is 0 Å². The van der Waals surface area contributed by atoms with E-state index >= 15 is 0 Å². The maximum absolute atomic E-state index is 12.4. The van der Waals surface area contributed by atoms with Crippen LogP contribution in [-0.2, 0) is 16.4 Å². The number of hydrogen-bond donors (Lipinski definition) is 2. The topological polar surface area (TPSA) is 75.3 Å². The van der Waals surface area contributed by atoms with Crippen molar-refractivity contribution < 1.29 is 13.2 Å². The molecule has 0 atom stereocenters. The lowest BCUT2D eigenvalue weighted by Crippen LogP contribution is -2.32. The van der Waals surface area contributed by atoms with Crippen LogP contribution in [0.3, 0.4) is 0 Å². The van der Waals surface area contributed by atoms with Crippen molar-refractivity contribution in [3.05, 3.63) is 59.7 Å². The van der Waals surface area contributed by atoms with E-state index in [1.807, 2.05) is 0 Å². The minimum atomic E-state index is -3.65. The van der Waals surface area contributed by atoms with Crippen LogP contribution in [0.4, 0.5) is 5.69 Å². The number of carbonyl (C=O) groups is 1. The summed E-state index contributed by atoms with van der Waals surface area (Å²) in [5, 5.41) is 2.74. The van der Waals surface area contributed by atoms with Crippen LogP contribution >= 0.6 is 0 Å². The molecule has 2 aromatic carbocycles. The number of rotatable bonds is 3. The fraction of sp³-hybridized carbons (Fsp3) is 0.133. The van der Waals surface area contributed by atoms with Crippen LogP contribution in [0.1, 0.15) is 15.9 Å². The molecule has 0 unspecified atom stereocenters. The number of amides is 1. The summed E-state index contributed by atoms with van der Waals surface area (Å²) in [6.07, 6.45) is 0.606. The van der Waals surface area contributed by atoms with Crippen molar-refractivity contribution in [1.29, 1.82) is 0 Å². The molecular weight excluding hydrogens is 288 g/mol. The van der Waals surface area contributed by atoms with Gasteiger partial charge in [0.1, 0.15) is 0 Å². The lowest BCUT2D eigenvalue weighted by molar-refractivity contribution is 0.0946. The molecule has 1 amide bonds. The lowest BCUT2D eigenvalue weighted by atomic mass is 9.99. The fourth-order valence-corrected chi connectivity index (χ4v) is 3.48. The first-order chi connectivity index (χ1) is 10.1. The van der Waals surface area contributed by atoms with Gasteiger partial charge in [-0.3, -0.25) is 9.52 Å². The zero-order valence-electron chi connectivity index (χ0n) is 11.2. The van der Waals surface area contributed by atoms with E-state index in [-0.39, 0.29) is 10.8 Å². The third kappa shape index (κ3) is 2.62. The molecule has 6 heteroatoms. The van der Waals surface area contributed by atoms with E-state index in [1.54, 1.807) is 36.4 Å². The van der Waals surface area contributed by atoms with Crippen LogP contribution in [0.15, 0.2) is 53.4 Å². The van der Waals surface area contributed by atoms with Crippen LogP contribution in [0, 0.1) is 0 Å². The van der Waals surface area contributed by atoms with Gasteiger partial charge in [-0.2, -0.15) is 0 Å². The van der Waals surface area contributed by atoms with Crippen LogP contribution in [0.2, 0.25) is 0 Å². The van der Waals surface area contributed by atoms with Crippen molar-refractivity contribution in [2.75, 3.05) is 11.3 Å². The first kappa shape index (κ1) is 13.6. The van der Waals surface area contributed by atoms with E-state index < -0.39 is 10.0 Å². The molecule has 5 nitrogen and oxygen atoms in total. The maximum atomic E-state index is 12.4. The highest BCUT2D eigenvalue weighted by molar-refractivity contribution is 7.92. The first-order valence-corrected chi connectivity index (χ1v) is 8.04. The summed E-state index contributed by atoms with van der Waals surface area (Å²) in [7, 11) is -3.65. The molecule has 0 fully saturated rings. The minimum Gasteiger partial charge on any atom is -0.352 e. The van der Waals surface area contributed by atoms with E-state index in [2.05, 4.69) is 10.0 Å². The number of benzene rings is 2. The van der Waals surface area contributed by atoms with E-state index in [9.17, 15) is 13.2 Å². The number of hydrogen-bond acceptors (Lipinski definition) is 3. The second-order valence-corrected chi connectivity index (χ2v) is 6.44. The fourth-order valence-electron chi connectivity index (χ4n) is 2.36. The largest absolute Gasteiger partial charge is 0.352 e. The molecule has 2 N–H and O–H groups in total. The molecule has 1 heterocycles. The first-order valence-electron chi connectivity index (χ1n) is 6.56. The predicted octanol–water partition coefficient (Wildman–Crippen LogP) is 1.77. The molecule has 1 aliphatic heterocycles. The summed E-state index contributed by atoms with van der Waals surface area (Å²) in [4.78, 5) is 12.0. The highest BCUT2D eigenvalue weighted by Gasteiger charge is 2.22. The number of nitrogens with one attached hydrogen (secondary N) is 2. The Labute approximate surface area is 123 Å². The zero-order valence-corrected chi connectivity index (χ0v) is 12.0. The third-order valence-corrected chi connectivity index (χ3v) is 4.76. The van der Waals surface area contributed by atoms with Crippen LogP contribution in [0.25, 0.3) is 0 Å². The SMILES string of the molecule is O=C1NCCc2c(NS(=O)(=O)c3ccccc3)cccc21. The van der Waals surface area contributed by atoms with Gasteiger partial charge in [0, 0.05) is 12.1 Å². The summed E-state index contributed by atoms with van der Waals surface area (Å²) in [6, 6.07) is 13.2. The van der Waals surface area contributed by atoms with Gasteiger partial charge < -0.3 is 5.32 Å². The van der Waals surface area contributed by atoms with Gasteiger partial charge >= 0.3 is 0 Å². The highest BCUT2D eigenvalue weighted by atomic mass is 32.2. The standard InChI is InChI=1S/C15H14N2O3S/c18-15-13-7-4-8-14(12(13)9-10-16-15)17-21(19,20)11-5-2-1-3-6-11/h1-8,17H,9-10H2,(H,16,18). The average molecular weight is 302 g/mol. The average Bonchev–Trinajstić information content (AvgIpc) is 2.49. The molecule has 3 rings (SSSR count). The molecular formula is C15H14N2O3S. The molecule has 2 aromatic rings. The predicted molar refractivity (Wildman–Crippen MR) is 79.7 cm³/mol. The Morgan fingerprint density at radius 2 is 1.76 bits per heavy atom. The highest BCUT2D eigenvalue weighted by Crippen LogP contribution is 2.25. The molecule has 0 saturated carbocycles. The third-order valence-electron chi connectivity index (χ3n) is 3.38. The Balaban J connectivity index is 2.00. The second-order valence-electron chi connectivity index (χ2n) is 4.76. The van der Waals surface area contributed by atoms with Gasteiger partial charge in [-0.15, -0.1) is 0 Å². The van der Waals surface area contributed by atoms with Crippen molar-refractivity contribution in [3.8, 4) is 0 Å². The Hall–Kier alpha value is -2.34. The number of sulfonamides is 1. The normalized spacial score (nSPS) is 14.2. The molecule has 1 aliphatic rings. The van der Waals surface area contributed by atoms with E-state index in [0.29, 0.717) is 24.2 Å². The van der Waals surface area contributed by atoms with Gasteiger partial charge in [-0.1, -0.05) is 24.3 Å². The summed E-state index contributed by atoms with van der Waals surface area (Å²) in [6.45, 7) is 0.510. The van der Waals surface area contributed by atoms with Gasteiger partial charge in [0.05, 0.1) is 10.6 Å². The van der Waals surface area contributed by atoms with Gasteiger partial charge in [0.25, 0.3) is 15.9 Å². The van der Waals surface area contributed by atoms with Crippen molar-refractivity contribution in [2.45, 2.75) is 11.3 Å². The molecule has 0 saturated heterocycles. The Bertz CT molecular complexity index is 786. The zero-order chi connectivity index (χ0) is 14.9. The number of anilines is 1. The van der Waals surface area contributed by atoms with Crippen molar-refractivity contribution in [1.82, 2.24) is 5.32 Å². The molecule has 0 bridgehead atoms. The summed E-state index contributed by atoms with van der Waals surface area (Å²) in [5.74, 6) is -0.169. The summed E-state index contributed by atoms with van der Waals surface area (Å²) < 4.78 is 27.3. The number of fused-ring (bicyclic) bond motifs is 1. The molecule has 0 aromatic heterocycles. The molecule has 0 radical (unpaired) electrons. The molecule has 21 heavy (non-hydrogen) atoms. The monoisotopic (exact) mass is 302 g/mol. The molecule has 108 valence electrons. The quantitative estimate of drug-likeness (QED) is 0.907. The van der Waals surface area contributed by atoms with Crippen molar-refractivity contribution in [2.24, 2.45) is 0 Å². The summed E-state index contributed by atoms with van der Waals surface area (Å²) in [5.41, 5.74) is 1.72. The van der Waals surface area contributed by atoms with E-state index in [1.165, 1.54) is 12.1 Å². The van der Waals surface area contributed by atoms with Gasteiger partial charge in [-0.05, 0) is 36.2 Å². The van der Waals surface area contributed by atoms with Gasteiger partial charge in [-0.25, -0.2) is 8.42 Å². The van der Waals surface area contributed by atoms with Crippen LogP contribution in [-0.4, -0.2) is 20.9 Å².